The fraction of sp³-hybridized carbons (Fsp3) is 0.0714. The number of nitriles is 1. The van der Waals surface area contributed by atoms with Crippen LogP contribution in [0.1, 0.15) is 11.1 Å². The van der Waals surface area contributed by atoms with Crippen LogP contribution in [0.15, 0.2) is 52.6 Å². The lowest BCUT2D eigenvalue weighted by atomic mass is 10.2. The van der Waals surface area contributed by atoms with Gasteiger partial charge in [0.25, 0.3) is 0 Å². The normalized spacial score (nSPS) is 10.5. The minimum absolute atomic E-state index is 0.656. The first-order chi connectivity index (χ1) is 9.28. The fourth-order valence-corrected chi connectivity index (χ4v) is 2.79. The van der Waals surface area contributed by atoms with Crippen molar-refractivity contribution < 1.29 is 0 Å². The highest BCUT2D eigenvalue weighted by Crippen LogP contribution is 2.29. The molecule has 2 aromatic heterocycles. The minimum Gasteiger partial charge on any atom is -0.277 e. The number of aryl methyl sites for hydroxylation is 1. The van der Waals surface area contributed by atoms with Gasteiger partial charge in [-0.15, -0.1) is 10.2 Å². The van der Waals surface area contributed by atoms with Gasteiger partial charge in [-0.2, -0.15) is 5.26 Å². The molecule has 0 saturated carbocycles. The van der Waals surface area contributed by atoms with Crippen molar-refractivity contribution >= 4 is 17.4 Å². The van der Waals surface area contributed by atoms with Crippen LogP contribution in [0.3, 0.4) is 0 Å². The standard InChI is InChI=1S/C14H10N4S/c1-10-5-6-11(9-15)12(8-10)19-14-17-16-13-4-2-3-7-18(13)14/h2-8H,1H3. The second kappa shape index (κ2) is 4.75. The molecule has 5 heteroatoms. The Morgan fingerprint density at radius 1 is 1.21 bits per heavy atom. The van der Waals surface area contributed by atoms with E-state index in [1.165, 1.54) is 11.8 Å². The Kier molecular flexibility index (Phi) is 2.94. The summed E-state index contributed by atoms with van der Waals surface area (Å²) >= 11 is 1.46. The highest BCUT2D eigenvalue weighted by Gasteiger charge is 2.10. The summed E-state index contributed by atoms with van der Waals surface area (Å²) in [5.41, 5.74) is 2.58. The SMILES string of the molecule is Cc1ccc(C#N)c(Sc2nnc3ccccn23)c1. The highest BCUT2D eigenvalue weighted by molar-refractivity contribution is 7.99. The van der Waals surface area contributed by atoms with Gasteiger partial charge >= 0.3 is 0 Å². The van der Waals surface area contributed by atoms with Crippen molar-refractivity contribution in [3.63, 3.8) is 0 Å². The van der Waals surface area contributed by atoms with Crippen LogP contribution < -0.4 is 0 Å². The lowest BCUT2D eigenvalue weighted by Gasteiger charge is -2.03. The highest BCUT2D eigenvalue weighted by atomic mass is 32.2. The molecule has 92 valence electrons. The van der Waals surface area contributed by atoms with E-state index >= 15 is 0 Å². The van der Waals surface area contributed by atoms with Crippen LogP contribution in [-0.4, -0.2) is 14.6 Å². The topological polar surface area (TPSA) is 54.0 Å². The van der Waals surface area contributed by atoms with Gasteiger partial charge in [0.15, 0.2) is 10.8 Å². The summed E-state index contributed by atoms with van der Waals surface area (Å²) in [5, 5.41) is 18.2. The van der Waals surface area contributed by atoms with E-state index in [9.17, 15) is 0 Å². The molecule has 0 unspecified atom stereocenters. The molecule has 3 aromatic rings. The maximum absolute atomic E-state index is 9.15. The third kappa shape index (κ3) is 2.18. The number of hydrogen-bond acceptors (Lipinski definition) is 4. The summed E-state index contributed by atoms with van der Waals surface area (Å²) in [6.07, 6.45) is 1.92. The molecule has 4 nitrogen and oxygen atoms in total. The van der Waals surface area contributed by atoms with Gasteiger partial charge in [0.05, 0.1) is 5.56 Å². The maximum atomic E-state index is 9.15. The lowest BCUT2D eigenvalue weighted by molar-refractivity contribution is 0.921. The molecule has 0 fully saturated rings. The molecule has 0 saturated heterocycles. The van der Waals surface area contributed by atoms with E-state index in [-0.39, 0.29) is 0 Å². The Morgan fingerprint density at radius 3 is 2.95 bits per heavy atom. The number of benzene rings is 1. The van der Waals surface area contributed by atoms with Crippen molar-refractivity contribution in [1.29, 1.82) is 5.26 Å². The first-order valence-corrected chi connectivity index (χ1v) is 6.58. The van der Waals surface area contributed by atoms with Crippen LogP contribution in [0.4, 0.5) is 0 Å². The number of fused-ring (bicyclic) bond motifs is 1. The Hall–Kier alpha value is -2.32. The first-order valence-electron chi connectivity index (χ1n) is 5.76. The van der Waals surface area contributed by atoms with Crippen LogP contribution in [-0.2, 0) is 0 Å². The van der Waals surface area contributed by atoms with Gasteiger partial charge in [0.2, 0.25) is 0 Å². The van der Waals surface area contributed by atoms with Crippen LogP contribution in [0.25, 0.3) is 5.65 Å². The number of pyridine rings is 1. The molecule has 0 bridgehead atoms. The van der Waals surface area contributed by atoms with Gasteiger partial charge in [-0.3, -0.25) is 4.40 Å². The zero-order valence-electron chi connectivity index (χ0n) is 10.2. The second-order valence-electron chi connectivity index (χ2n) is 4.12. The fourth-order valence-electron chi connectivity index (χ4n) is 1.79. The summed E-state index contributed by atoms with van der Waals surface area (Å²) in [4.78, 5) is 0.903. The van der Waals surface area contributed by atoms with E-state index in [2.05, 4.69) is 16.3 Å². The molecule has 0 amide bonds. The first kappa shape index (κ1) is 11.8. The van der Waals surface area contributed by atoms with Crippen LogP contribution in [0.2, 0.25) is 0 Å². The zero-order chi connectivity index (χ0) is 13.2. The van der Waals surface area contributed by atoms with Gasteiger partial charge in [-0.05, 0) is 48.5 Å². The molecule has 3 rings (SSSR count). The van der Waals surface area contributed by atoms with Gasteiger partial charge in [-0.1, -0.05) is 12.1 Å². The van der Waals surface area contributed by atoms with E-state index < -0.39 is 0 Å². The Bertz CT molecular complexity index is 785. The average molecular weight is 266 g/mol. The molecule has 0 spiro atoms. The van der Waals surface area contributed by atoms with E-state index in [0.717, 1.165) is 21.3 Å². The van der Waals surface area contributed by atoms with Crippen molar-refractivity contribution in [1.82, 2.24) is 14.6 Å². The molecule has 0 aliphatic rings. The second-order valence-corrected chi connectivity index (χ2v) is 5.13. The summed E-state index contributed by atoms with van der Waals surface area (Å²) < 4.78 is 1.91. The van der Waals surface area contributed by atoms with Crippen LogP contribution in [0.5, 0.6) is 0 Å². The summed E-state index contributed by atoms with van der Waals surface area (Å²) in [7, 11) is 0. The molecule has 1 aromatic carbocycles. The minimum atomic E-state index is 0.656. The largest absolute Gasteiger partial charge is 0.277 e. The summed E-state index contributed by atoms with van der Waals surface area (Å²) in [6.45, 7) is 2.01. The molecular formula is C14H10N4S. The molecular weight excluding hydrogens is 256 g/mol. The molecule has 0 radical (unpaired) electrons. The summed E-state index contributed by atoms with van der Waals surface area (Å²) in [6, 6.07) is 13.7. The third-order valence-electron chi connectivity index (χ3n) is 2.74. The number of nitrogens with zero attached hydrogens (tertiary/aromatic N) is 4. The lowest BCUT2D eigenvalue weighted by Crippen LogP contribution is -1.88. The molecule has 0 aliphatic heterocycles. The smallest absolute Gasteiger partial charge is 0.200 e. The van der Waals surface area contributed by atoms with Crippen LogP contribution in [0, 0.1) is 18.3 Å². The van der Waals surface area contributed by atoms with E-state index in [1.807, 2.05) is 53.9 Å². The quantitative estimate of drug-likeness (QED) is 0.715. The van der Waals surface area contributed by atoms with E-state index in [4.69, 9.17) is 5.26 Å². The average Bonchev–Trinajstić information content (AvgIpc) is 2.83. The molecule has 0 atom stereocenters. The van der Waals surface area contributed by atoms with E-state index in [0.29, 0.717) is 5.56 Å². The Balaban J connectivity index is 2.06. The Labute approximate surface area is 114 Å². The zero-order valence-corrected chi connectivity index (χ0v) is 11.1. The van der Waals surface area contributed by atoms with Gasteiger partial charge in [0, 0.05) is 11.1 Å². The third-order valence-corrected chi connectivity index (χ3v) is 3.76. The van der Waals surface area contributed by atoms with Crippen molar-refractivity contribution in [3.8, 4) is 6.07 Å². The van der Waals surface area contributed by atoms with Crippen molar-refractivity contribution in [2.45, 2.75) is 17.0 Å². The maximum Gasteiger partial charge on any atom is 0.200 e. The molecule has 0 aliphatic carbocycles. The number of hydrogen-bond donors (Lipinski definition) is 0. The van der Waals surface area contributed by atoms with Crippen molar-refractivity contribution in [2.24, 2.45) is 0 Å². The van der Waals surface area contributed by atoms with Crippen molar-refractivity contribution in [2.75, 3.05) is 0 Å². The predicted octanol–water partition coefficient (Wildman–Crippen LogP) is 3.06. The number of aromatic nitrogens is 3. The molecule has 19 heavy (non-hydrogen) atoms. The summed E-state index contributed by atoms with van der Waals surface area (Å²) in [5.74, 6) is 0. The van der Waals surface area contributed by atoms with Crippen molar-refractivity contribution in [3.05, 3.63) is 53.7 Å². The molecule has 2 heterocycles. The molecule has 0 N–H and O–H groups in total. The Morgan fingerprint density at radius 2 is 2.11 bits per heavy atom. The van der Waals surface area contributed by atoms with Gasteiger partial charge < -0.3 is 0 Å². The number of rotatable bonds is 2. The monoisotopic (exact) mass is 266 g/mol. The van der Waals surface area contributed by atoms with Gasteiger partial charge in [0.1, 0.15) is 6.07 Å². The predicted molar refractivity (Wildman–Crippen MR) is 73.0 cm³/mol. The van der Waals surface area contributed by atoms with Gasteiger partial charge in [-0.25, -0.2) is 0 Å². The van der Waals surface area contributed by atoms with Crippen LogP contribution >= 0.6 is 11.8 Å². The van der Waals surface area contributed by atoms with E-state index in [1.54, 1.807) is 0 Å².